The maximum absolute atomic E-state index is 13.2. The summed E-state index contributed by atoms with van der Waals surface area (Å²) in [6.07, 6.45) is 0. The van der Waals surface area contributed by atoms with Crippen LogP contribution in [0.4, 0.5) is 0 Å². The quantitative estimate of drug-likeness (QED) is 0.467. The Morgan fingerprint density at radius 3 is 2.15 bits per heavy atom. The number of piperazine rings is 1. The van der Waals surface area contributed by atoms with Gasteiger partial charge in [0.25, 0.3) is 5.91 Å². The summed E-state index contributed by atoms with van der Waals surface area (Å²) in [6.45, 7) is 3.18. The number of para-hydroxylation sites is 1. The first-order valence-electron chi connectivity index (χ1n) is 10.8. The van der Waals surface area contributed by atoms with Gasteiger partial charge in [-0.1, -0.05) is 36.4 Å². The van der Waals surface area contributed by atoms with Crippen LogP contribution in [0, 0.1) is 6.92 Å². The molecule has 3 aromatic carbocycles. The van der Waals surface area contributed by atoms with Gasteiger partial charge < -0.3 is 4.90 Å². The van der Waals surface area contributed by atoms with Crippen LogP contribution in [0.5, 0.6) is 0 Å². The van der Waals surface area contributed by atoms with Crippen molar-refractivity contribution in [1.29, 1.82) is 0 Å². The molecule has 1 aromatic heterocycles. The summed E-state index contributed by atoms with van der Waals surface area (Å²) in [4.78, 5) is 19.8. The summed E-state index contributed by atoms with van der Waals surface area (Å²) in [6, 6.07) is 23.9. The molecule has 1 amide bonds. The average molecular weight is 461 g/mol. The van der Waals surface area contributed by atoms with Crippen LogP contribution in [0.3, 0.4) is 0 Å². The van der Waals surface area contributed by atoms with Crippen LogP contribution in [-0.4, -0.2) is 59.3 Å². The van der Waals surface area contributed by atoms with Crippen LogP contribution in [0.15, 0.2) is 83.8 Å². The van der Waals surface area contributed by atoms with Gasteiger partial charge in [0, 0.05) is 37.4 Å². The van der Waals surface area contributed by atoms with Crippen LogP contribution in [-0.2, 0) is 10.0 Å². The molecular weight excluding hydrogens is 436 g/mol. The number of amides is 1. The lowest BCUT2D eigenvalue weighted by molar-refractivity contribution is 0.0698. The molecular formula is C25H24N4O3S. The molecule has 1 aliphatic rings. The van der Waals surface area contributed by atoms with Gasteiger partial charge in [-0.15, -0.1) is 0 Å². The number of imidazole rings is 1. The Morgan fingerprint density at radius 2 is 1.48 bits per heavy atom. The minimum atomic E-state index is -3.55. The van der Waals surface area contributed by atoms with E-state index in [0.717, 1.165) is 22.5 Å². The van der Waals surface area contributed by atoms with Crippen molar-refractivity contribution in [1.82, 2.24) is 18.8 Å². The van der Waals surface area contributed by atoms with E-state index in [1.54, 1.807) is 35.2 Å². The minimum Gasteiger partial charge on any atom is -0.336 e. The van der Waals surface area contributed by atoms with Crippen molar-refractivity contribution in [3.05, 3.63) is 90.3 Å². The summed E-state index contributed by atoms with van der Waals surface area (Å²) >= 11 is 0. The lowest BCUT2D eigenvalue weighted by Gasteiger charge is -2.34. The molecule has 1 aliphatic heterocycles. The monoisotopic (exact) mass is 460 g/mol. The first kappa shape index (κ1) is 21.4. The van der Waals surface area contributed by atoms with Crippen LogP contribution < -0.4 is 0 Å². The zero-order chi connectivity index (χ0) is 23.0. The molecule has 0 atom stereocenters. The summed E-state index contributed by atoms with van der Waals surface area (Å²) in [5, 5.41) is 0. The number of hydrogen-bond acceptors (Lipinski definition) is 4. The SMILES string of the molecule is Cc1nc2cc(C(=O)N3CCN(S(=O)(=O)c4ccccc4)CC3)ccc2n1-c1ccccc1. The van der Waals surface area contributed by atoms with Crippen molar-refractivity contribution < 1.29 is 13.2 Å². The molecule has 0 radical (unpaired) electrons. The average Bonchev–Trinajstić information content (AvgIpc) is 3.19. The number of sulfonamides is 1. The fourth-order valence-electron chi connectivity index (χ4n) is 4.29. The molecule has 1 saturated heterocycles. The van der Waals surface area contributed by atoms with E-state index in [1.165, 1.54) is 4.31 Å². The minimum absolute atomic E-state index is 0.111. The lowest BCUT2D eigenvalue weighted by atomic mass is 10.1. The molecule has 0 N–H and O–H groups in total. The van der Waals surface area contributed by atoms with Crippen LogP contribution in [0.25, 0.3) is 16.7 Å². The lowest BCUT2D eigenvalue weighted by Crippen LogP contribution is -2.50. The number of fused-ring (bicyclic) bond motifs is 1. The first-order chi connectivity index (χ1) is 15.9. The molecule has 0 spiro atoms. The molecule has 0 bridgehead atoms. The van der Waals surface area contributed by atoms with E-state index < -0.39 is 10.0 Å². The highest BCUT2D eigenvalue weighted by Gasteiger charge is 2.30. The van der Waals surface area contributed by atoms with Crippen LogP contribution in [0.1, 0.15) is 16.2 Å². The molecule has 0 aliphatic carbocycles. The number of aryl methyl sites for hydroxylation is 1. The Balaban J connectivity index is 1.34. The molecule has 4 aromatic rings. The van der Waals surface area contributed by atoms with E-state index in [2.05, 4.69) is 9.55 Å². The molecule has 2 heterocycles. The molecule has 8 heteroatoms. The smallest absolute Gasteiger partial charge is 0.254 e. The van der Waals surface area contributed by atoms with Gasteiger partial charge in [0.2, 0.25) is 10.0 Å². The summed E-state index contributed by atoms with van der Waals surface area (Å²) < 4.78 is 29.2. The predicted molar refractivity (Wildman–Crippen MR) is 127 cm³/mol. The van der Waals surface area contributed by atoms with Crippen LogP contribution >= 0.6 is 0 Å². The molecule has 0 unspecified atom stereocenters. The zero-order valence-electron chi connectivity index (χ0n) is 18.3. The number of carbonyl (C=O) groups excluding carboxylic acids is 1. The number of aromatic nitrogens is 2. The van der Waals surface area contributed by atoms with Gasteiger partial charge in [-0.3, -0.25) is 9.36 Å². The van der Waals surface area contributed by atoms with Gasteiger partial charge in [-0.2, -0.15) is 4.31 Å². The van der Waals surface area contributed by atoms with Crippen molar-refractivity contribution in [2.24, 2.45) is 0 Å². The van der Waals surface area contributed by atoms with Crippen molar-refractivity contribution in [3.8, 4) is 5.69 Å². The maximum atomic E-state index is 13.2. The van der Waals surface area contributed by atoms with E-state index >= 15 is 0 Å². The topological polar surface area (TPSA) is 75.5 Å². The largest absolute Gasteiger partial charge is 0.336 e. The van der Waals surface area contributed by atoms with Crippen molar-refractivity contribution >= 4 is 27.0 Å². The molecule has 7 nitrogen and oxygen atoms in total. The highest BCUT2D eigenvalue weighted by molar-refractivity contribution is 7.89. The maximum Gasteiger partial charge on any atom is 0.254 e. The molecule has 168 valence electrons. The fraction of sp³-hybridized carbons (Fsp3) is 0.200. The first-order valence-corrected chi connectivity index (χ1v) is 12.3. The van der Waals surface area contributed by atoms with E-state index in [4.69, 9.17) is 0 Å². The number of carbonyl (C=O) groups is 1. The standard InChI is InChI=1S/C25H24N4O3S/c1-19-26-23-18-20(12-13-24(23)29(19)21-8-4-2-5-9-21)25(30)27-14-16-28(17-15-27)33(31,32)22-10-6-3-7-11-22/h2-13,18H,14-17H2,1H3. The second-order valence-corrected chi connectivity index (χ2v) is 9.98. The van der Waals surface area contributed by atoms with Gasteiger partial charge in [0.1, 0.15) is 5.82 Å². The Kier molecular flexibility index (Phi) is 5.47. The van der Waals surface area contributed by atoms with Gasteiger partial charge in [-0.25, -0.2) is 13.4 Å². The number of rotatable bonds is 4. The van der Waals surface area contributed by atoms with Gasteiger partial charge in [0.15, 0.2) is 0 Å². The Labute approximate surface area is 192 Å². The van der Waals surface area contributed by atoms with Crippen molar-refractivity contribution in [2.75, 3.05) is 26.2 Å². The van der Waals surface area contributed by atoms with E-state index in [0.29, 0.717) is 18.7 Å². The zero-order valence-corrected chi connectivity index (χ0v) is 19.1. The second kappa shape index (κ2) is 8.46. The predicted octanol–water partition coefficient (Wildman–Crippen LogP) is 3.48. The van der Waals surface area contributed by atoms with Gasteiger partial charge in [-0.05, 0) is 49.4 Å². The highest BCUT2D eigenvalue weighted by atomic mass is 32.2. The fourth-order valence-corrected chi connectivity index (χ4v) is 5.74. The summed E-state index contributed by atoms with van der Waals surface area (Å²) in [5.41, 5.74) is 3.27. The van der Waals surface area contributed by atoms with E-state index in [-0.39, 0.29) is 23.9 Å². The Hall–Kier alpha value is -3.49. The normalized spacial score (nSPS) is 15.1. The third kappa shape index (κ3) is 3.92. The number of hydrogen-bond donors (Lipinski definition) is 0. The molecule has 1 fully saturated rings. The van der Waals surface area contributed by atoms with Crippen molar-refractivity contribution in [3.63, 3.8) is 0 Å². The third-order valence-corrected chi connectivity index (χ3v) is 7.90. The van der Waals surface area contributed by atoms with Crippen molar-refractivity contribution in [2.45, 2.75) is 11.8 Å². The van der Waals surface area contributed by atoms with Gasteiger partial charge in [0.05, 0.1) is 15.9 Å². The van der Waals surface area contributed by atoms with E-state index in [1.807, 2.05) is 55.5 Å². The van der Waals surface area contributed by atoms with Crippen LogP contribution in [0.2, 0.25) is 0 Å². The second-order valence-electron chi connectivity index (χ2n) is 8.04. The molecule has 5 rings (SSSR count). The summed E-state index contributed by atoms with van der Waals surface area (Å²) in [7, 11) is -3.55. The van der Waals surface area contributed by atoms with Gasteiger partial charge >= 0.3 is 0 Å². The number of nitrogens with zero attached hydrogens (tertiary/aromatic N) is 4. The number of benzene rings is 3. The third-order valence-electron chi connectivity index (χ3n) is 5.99. The van der Waals surface area contributed by atoms with E-state index in [9.17, 15) is 13.2 Å². The Bertz CT molecular complexity index is 1410. The highest BCUT2D eigenvalue weighted by Crippen LogP contribution is 2.24. The molecule has 33 heavy (non-hydrogen) atoms. The Morgan fingerprint density at radius 1 is 0.848 bits per heavy atom. The summed E-state index contributed by atoms with van der Waals surface area (Å²) in [5.74, 6) is 0.737. The molecule has 0 saturated carbocycles.